The minimum Gasteiger partial charge on any atom is -0.495 e. The topological polar surface area (TPSA) is 43.4 Å². The van der Waals surface area contributed by atoms with Crippen LogP contribution in [-0.2, 0) is 0 Å². The van der Waals surface area contributed by atoms with Gasteiger partial charge in [-0.05, 0) is 24.5 Å². The highest BCUT2D eigenvalue weighted by atomic mass is 35.5. The van der Waals surface area contributed by atoms with Crippen molar-refractivity contribution in [2.24, 2.45) is 0 Å². The molecule has 2 aromatic rings. The van der Waals surface area contributed by atoms with Gasteiger partial charge in [0.05, 0.1) is 19.2 Å². The molecule has 21 heavy (non-hydrogen) atoms. The van der Waals surface area contributed by atoms with Crippen LogP contribution in [0.4, 0.5) is 5.82 Å². The minimum absolute atomic E-state index is 0.337. The first-order valence-corrected chi connectivity index (χ1v) is 7.40. The zero-order valence-corrected chi connectivity index (χ0v) is 13.8. The Labute approximate surface area is 130 Å². The molecule has 1 N–H and O–H groups in total. The van der Waals surface area contributed by atoms with Crippen molar-refractivity contribution in [1.29, 1.82) is 0 Å². The average Bonchev–Trinajstić information content (AvgIpc) is 2.47. The van der Waals surface area contributed by atoms with Crippen LogP contribution < -0.4 is 14.8 Å². The molecule has 2 rings (SSSR count). The van der Waals surface area contributed by atoms with Crippen LogP contribution in [0.5, 0.6) is 11.5 Å². The van der Waals surface area contributed by atoms with E-state index in [-0.39, 0.29) is 0 Å². The molecule has 0 saturated carbocycles. The van der Waals surface area contributed by atoms with Crippen LogP contribution in [0.3, 0.4) is 0 Å². The predicted octanol–water partition coefficient (Wildman–Crippen LogP) is 4.46. The van der Waals surface area contributed by atoms with Crippen LogP contribution in [0, 0.1) is 0 Å². The molecule has 1 heterocycles. The van der Waals surface area contributed by atoms with E-state index in [2.05, 4.69) is 25.2 Å². The van der Waals surface area contributed by atoms with Gasteiger partial charge in [-0.2, -0.15) is 0 Å². The monoisotopic (exact) mass is 308 g/mol. The molecule has 0 aliphatic rings. The summed E-state index contributed by atoms with van der Waals surface area (Å²) in [5, 5.41) is 4.71. The van der Waals surface area contributed by atoms with E-state index in [1.807, 2.05) is 6.92 Å². The van der Waals surface area contributed by atoms with Crippen molar-refractivity contribution >= 4 is 28.3 Å². The summed E-state index contributed by atoms with van der Waals surface area (Å²) in [4.78, 5) is 4.72. The van der Waals surface area contributed by atoms with Crippen LogP contribution >= 0.6 is 11.6 Å². The number of benzene rings is 1. The Morgan fingerprint density at radius 2 is 1.86 bits per heavy atom. The summed E-state index contributed by atoms with van der Waals surface area (Å²) >= 11 is 6.44. The summed E-state index contributed by atoms with van der Waals surface area (Å²) in [5.74, 6) is 2.46. The van der Waals surface area contributed by atoms with Crippen LogP contribution in [0.1, 0.15) is 32.3 Å². The second kappa shape index (κ2) is 6.39. The van der Waals surface area contributed by atoms with Gasteiger partial charge in [-0.15, -0.1) is 0 Å². The number of nitrogens with zero attached hydrogens (tertiary/aromatic N) is 1. The number of hydrogen-bond acceptors (Lipinski definition) is 4. The lowest BCUT2D eigenvalue weighted by atomic mass is 10.0. The second-order valence-electron chi connectivity index (χ2n) is 5.10. The van der Waals surface area contributed by atoms with Crippen LogP contribution in [0.2, 0.25) is 5.02 Å². The molecule has 1 aromatic carbocycles. The average molecular weight is 309 g/mol. The van der Waals surface area contributed by atoms with E-state index in [1.165, 1.54) is 0 Å². The summed E-state index contributed by atoms with van der Waals surface area (Å²) < 4.78 is 10.7. The summed E-state index contributed by atoms with van der Waals surface area (Å²) in [6, 6.07) is 3.83. The molecule has 0 spiro atoms. The quantitative estimate of drug-likeness (QED) is 0.885. The van der Waals surface area contributed by atoms with E-state index in [0.717, 1.165) is 28.8 Å². The number of anilines is 1. The molecule has 0 aliphatic carbocycles. The van der Waals surface area contributed by atoms with E-state index in [1.54, 1.807) is 20.3 Å². The van der Waals surface area contributed by atoms with Gasteiger partial charge in [-0.1, -0.05) is 25.4 Å². The third-order valence-electron chi connectivity index (χ3n) is 3.41. The van der Waals surface area contributed by atoms with E-state index in [4.69, 9.17) is 26.1 Å². The number of pyridine rings is 1. The number of rotatable bonds is 5. The Balaban J connectivity index is 2.82. The Morgan fingerprint density at radius 3 is 2.38 bits per heavy atom. The van der Waals surface area contributed by atoms with Gasteiger partial charge < -0.3 is 14.8 Å². The van der Waals surface area contributed by atoms with Crippen molar-refractivity contribution in [1.82, 2.24) is 4.98 Å². The van der Waals surface area contributed by atoms with Crippen molar-refractivity contribution in [3.8, 4) is 11.5 Å². The number of hydrogen-bond donors (Lipinski definition) is 1. The van der Waals surface area contributed by atoms with E-state index < -0.39 is 0 Å². The highest BCUT2D eigenvalue weighted by molar-refractivity contribution is 6.37. The normalized spacial score (nSPS) is 11.0. The lowest BCUT2D eigenvalue weighted by molar-refractivity contribution is 0.397. The number of ether oxygens (including phenoxy) is 2. The van der Waals surface area contributed by atoms with Gasteiger partial charge >= 0.3 is 0 Å². The molecule has 0 fully saturated rings. The molecule has 4 nitrogen and oxygen atoms in total. The SMILES string of the molecule is CCNc1nc2c(OC)cc(OC)c(Cl)c2cc1C(C)C. The van der Waals surface area contributed by atoms with Crippen LogP contribution in [-0.4, -0.2) is 25.7 Å². The number of halogens is 1. The maximum absolute atomic E-state index is 6.44. The number of fused-ring (bicyclic) bond motifs is 1. The molecular weight excluding hydrogens is 288 g/mol. The third-order valence-corrected chi connectivity index (χ3v) is 3.80. The van der Waals surface area contributed by atoms with Gasteiger partial charge in [0.1, 0.15) is 22.8 Å². The fourth-order valence-corrected chi connectivity index (χ4v) is 2.60. The minimum atomic E-state index is 0.337. The van der Waals surface area contributed by atoms with Crippen molar-refractivity contribution in [3.63, 3.8) is 0 Å². The van der Waals surface area contributed by atoms with Gasteiger partial charge in [-0.25, -0.2) is 4.98 Å². The zero-order chi connectivity index (χ0) is 15.6. The van der Waals surface area contributed by atoms with E-state index in [0.29, 0.717) is 22.4 Å². The summed E-state index contributed by atoms with van der Waals surface area (Å²) in [6.07, 6.45) is 0. The van der Waals surface area contributed by atoms with Crippen molar-refractivity contribution in [3.05, 3.63) is 22.7 Å². The highest BCUT2D eigenvalue weighted by Gasteiger charge is 2.17. The lowest BCUT2D eigenvalue weighted by Crippen LogP contribution is -2.06. The first-order valence-electron chi connectivity index (χ1n) is 7.02. The Morgan fingerprint density at radius 1 is 1.19 bits per heavy atom. The lowest BCUT2D eigenvalue weighted by Gasteiger charge is -2.17. The van der Waals surface area contributed by atoms with Crippen LogP contribution in [0.15, 0.2) is 12.1 Å². The molecule has 0 amide bonds. The van der Waals surface area contributed by atoms with Crippen molar-refractivity contribution < 1.29 is 9.47 Å². The first kappa shape index (κ1) is 15.7. The molecule has 5 heteroatoms. The largest absolute Gasteiger partial charge is 0.495 e. The highest BCUT2D eigenvalue weighted by Crippen LogP contribution is 2.40. The first-order chi connectivity index (χ1) is 10.0. The Hall–Kier alpha value is -1.68. The number of methoxy groups -OCH3 is 2. The van der Waals surface area contributed by atoms with Gasteiger partial charge in [0, 0.05) is 18.0 Å². The van der Waals surface area contributed by atoms with Gasteiger partial charge in [0.25, 0.3) is 0 Å². The fraction of sp³-hybridized carbons (Fsp3) is 0.438. The molecule has 0 bridgehead atoms. The van der Waals surface area contributed by atoms with Crippen molar-refractivity contribution in [2.45, 2.75) is 26.7 Å². The molecule has 0 radical (unpaired) electrons. The van der Waals surface area contributed by atoms with E-state index >= 15 is 0 Å². The molecule has 0 unspecified atom stereocenters. The molecule has 0 aliphatic heterocycles. The third kappa shape index (κ3) is 2.86. The maximum atomic E-state index is 6.44. The predicted molar refractivity (Wildman–Crippen MR) is 88.1 cm³/mol. The van der Waals surface area contributed by atoms with E-state index in [9.17, 15) is 0 Å². The second-order valence-corrected chi connectivity index (χ2v) is 5.48. The van der Waals surface area contributed by atoms with Gasteiger partial charge in [0.15, 0.2) is 0 Å². The molecule has 0 saturated heterocycles. The summed E-state index contributed by atoms with van der Waals surface area (Å²) in [7, 11) is 3.21. The molecular formula is C16H21ClN2O2. The molecule has 0 atom stereocenters. The Kier molecular flexibility index (Phi) is 4.78. The zero-order valence-electron chi connectivity index (χ0n) is 13.1. The fourth-order valence-electron chi connectivity index (χ4n) is 2.32. The van der Waals surface area contributed by atoms with Crippen LogP contribution in [0.25, 0.3) is 10.9 Å². The molecule has 1 aromatic heterocycles. The van der Waals surface area contributed by atoms with Gasteiger partial charge in [-0.3, -0.25) is 0 Å². The number of nitrogens with one attached hydrogen (secondary N) is 1. The van der Waals surface area contributed by atoms with Crippen molar-refractivity contribution in [2.75, 3.05) is 26.1 Å². The summed E-state index contributed by atoms with van der Waals surface area (Å²) in [5.41, 5.74) is 1.87. The van der Waals surface area contributed by atoms with Gasteiger partial charge in [0.2, 0.25) is 0 Å². The Bertz CT molecular complexity index is 657. The smallest absolute Gasteiger partial charge is 0.148 e. The summed E-state index contributed by atoms with van der Waals surface area (Å²) in [6.45, 7) is 7.13. The maximum Gasteiger partial charge on any atom is 0.148 e. The number of aromatic nitrogens is 1. The molecule has 114 valence electrons. The standard InChI is InChI=1S/C16H21ClN2O2/c1-6-18-16-10(9(2)3)7-11-14(17)12(20-4)8-13(21-5)15(11)19-16/h7-9H,6H2,1-5H3,(H,18,19).